The highest BCUT2D eigenvalue weighted by Gasteiger charge is 2.15. The van der Waals surface area contributed by atoms with Crippen molar-refractivity contribution in [1.82, 2.24) is 0 Å². The second-order valence-corrected chi connectivity index (χ2v) is 8.50. The molecule has 0 saturated carbocycles. The van der Waals surface area contributed by atoms with Gasteiger partial charge in [0.05, 0.1) is 6.61 Å². The van der Waals surface area contributed by atoms with Crippen molar-refractivity contribution < 1.29 is 22.6 Å². The quantitative estimate of drug-likeness (QED) is 0.164. The molecule has 4 aromatic rings. The van der Waals surface area contributed by atoms with E-state index in [9.17, 15) is 13.2 Å². The molecule has 0 atom stereocenters. The molecule has 0 aliphatic heterocycles. The largest absolute Gasteiger partial charge is 0.493 e. The fraction of sp³-hybridized carbons (Fsp3) is 0.161. The molecule has 0 radical (unpaired) electrons. The molecule has 0 heterocycles. The summed E-state index contributed by atoms with van der Waals surface area (Å²) in [5.74, 6) is -1.29. The monoisotopic (exact) mass is 488 g/mol. The first-order valence-electron chi connectivity index (χ1n) is 11.8. The van der Waals surface area contributed by atoms with Crippen LogP contribution in [0.25, 0.3) is 22.3 Å². The summed E-state index contributed by atoms with van der Waals surface area (Å²) >= 11 is 0. The molecular weight excluding hydrogens is 461 g/mol. The molecule has 4 aromatic carbocycles. The van der Waals surface area contributed by atoms with Gasteiger partial charge in [-0.2, -0.15) is 0 Å². The van der Waals surface area contributed by atoms with Gasteiger partial charge in [-0.15, -0.1) is 6.58 Å². The van der Waals surface area contributed by atoms with Crippen molar-refractivity contribution in [2.75, 3.05) is 6.61 Å². The van der Waals surface area contributed by atoms with Crippen LogP contribution in [0.4, 0.5) is 13.2 Å². The maximum Gasteiger partial charge on any atom is 0.167 e. The summed E-state index contributed by atoms with van der Waals surface area (Å²) in [7, 11) is 0. The van der Waals surface area contributed by atoms with Gasteiger partial charge in [0.2, 0.25) is 0 Å². The Labute approximate surface area is 209 Å². The predicted octanol–water partition coefficient (Wildman–Crippen LogP) is 8.67. The third kappa shape index (κ3) is 5.98. The molecule has 36 heavy (non-hydrogen) atoms. The van der Waals surface area contributed by atoms with Crippen molar-refractivity contribution in [3.8, 4) is 33.8 Å². The van der Waals surface area contributed by atoms with Gasteiger partial charge in [0.1, 0.15) is 23.9 Å². The SMILES string of the molecule is C=CCCCOc1ccc(-c2ccc(OCc3ccc(-c4ccc(C)cc4)c(F)c3F)cc2)c(F)c1. The molecule has 5 heteroatoms. The minimum atomic E-state index is -0.932. The number of allylic oxidation sites excluding steroid dienone is 1. The third-order valence-electron chi connectivity index (χ3n) is 5.85. The zero-order chi connectivity index (χ0) is 25.5. The van der Waals surface area contributed by atoms with Gasteiger partial charge in [-0.3, -0.25) is 0 Å². The van der Waals surface area contributed by atoms with Crippen LogP contribution in [-0.2, 0) is 6.61 Å². The Bertz CT molecular complexity index is 1330. The van der Waals surface area contributed by atoms with Crippen molar-refractivity contribution in [2.24, 2.45) is 0 Å². The molecule has 0 spiro atoms. The van der Waals surface area contributed by atoms with E-state index in [-0.39, 0.29) is 17.7 Å². The zero-order valence-electron chi connectivity index (χ0n) is 20.1. The lowest BCUT2D eigenvalue weighted by Crippen LogP contribution is -2.02. The smallest absolute Gasteiger partial charge is 0.167 e. The van der Waals surface area contributed by atoms with Crippen molar-refractivity contribution in [1.29, 1.82) is 0 Å². The highest BCUT2D eigenvalue weighted by molar-refractivity contribution is 5.66. The van der Waals surface area contributed by atoms with Crippen molar-refractivity contribution in [2.45, 2.75) is 26.4 Å². The molecule has 0 saturated heterocycles. The minimum absolute atomic E-state index is 0.113. The molecule has 0 N–H and O–H groups in total. The number of unbranched alkanes of at least 4 members (excludes halogenated alkanes) is 1. The van der Waals surface area contributed by atoms with Crippen LogP contribution in [0.3, 0.4) is 0 Å². The maximum absolute atomic E-state index is 14.7. The maximum atomic E-state index is 14.7. The summed E-state index contributed by atoms with van der Waals surface area (Å²) in [6.07, 6.45) is 3.48. The van der Waals surface area contributed by atoms with E-state index in [1.807, 2.05) is 25.1 Å². The molecule has 0 unspecified atom stereocenters. The lowest BCUT2D eigenvalue weighted by molar-refractivity contribution is 0.297. The van der Waals surface area contributed by atoms with Crippen LogP contribution in [0.1, 0.15) is 24.0 Å². The third-order valence-corrected chi connectivity index (χ3v) is 5.85. The first-order chi connectivity index (χ1) is 17.5. The molecule has 0 fully saturated rings. The van der Waals surface area contributed by atoms with Crippen molar-refractivity contribution in [3.05, 3.63) is 120 Å². The lowest BCUT2D eigenvalue weighted by atomic mass is 10.0. The summed E-state index contributed by atoms with van der Waals surface area (Å²) in [6, 6.07) is 21.9. The van der Waals surface area contributed by atoms with Crippen molar-refractivity contribution in [3.63, 3.8) is 0 Å². The predicted molar refractivity (Wildman–Crippen MR) is 138 cm³/mol. The van der Waals surface area contributed by atoms with E-state index in [1.165, 1.54) is 12.1 Å². The van der Waals surface area contributed by atoms with Crippen molar-refractivity contribution >= 4 is 0 Å². The molecule has 4 rings (SSSR count). The minimum Gasteiger partial charge on any atom is -0.493 e. The van der Waals surface area contributed by atoms with Crippen LogP contribution < -0.4 is 9.47 Å². The van der Waals surface area contributed by atoms with E-state index in [0.717, 1.165) is 18.4 Å². The molecule has 0 bridgehead atoms. The first kappa shape index (κ1) is 25.1. The fourth-order valence-corrected chi connectivity index (χ4v) is 3.79. The van der Waals surface area contributed by atoms with Gasteiger partial charge in [-0.25, -0.2) is 13.2 Å². The summed E-state index contributed by atoms with van der Waals surface area (Å²) in [5.41, 5.74) is 3.06. The van der Waals surface area contributed by atoms with Gasteiger partial charge in [0.15, 0.2) is 11.6 Å². The van der Waals surface area contributed by atoms with Gasteiger partial charge < -0.3 is 9.47 Å². The Kier molecular flexibility index (Phi) is 8.11. The fourth-order valence-electron chi connectivity index (χ4n) is 3.79. The highest BCUT2D eigenvalue weighted by Crippen LogP contribution is 2.30. The Morgan fingerprint density at radius 1 is 0.722 bits per heavy atom. The topological polar surface area (TPSA) is 18.5 Å². The van der Waals surface area contributed by atoms with Gasteiger partial charge in [-0.1, -0.05) is 60.2 Å². The van der Waals surface area contributed by atoms with E-state index in [1.54, 1.807) is 54.6 Å². The average Bonchev–Trinajstić information content (AvgIpc) is 2.89. The number of rotatable bonds is 10. The summed E-state index contributed by atoms with van der Waals surface area (Å²) in [5, 5.41) is 0. The van der Waals surface area contributed by atoms with Gasteiger partial charge >= 0.3 is 0 Å². The van der Waals surface area contributed by atoms with E-state index in [4.69, 9.17) is 9.47 Å². The van der Waals surface area contributed by atoms with Gasteiger partial charge in [0, 0.05) is 22.8 Å². The van der Waals surface area contributed by atoms with E-state index >= 15 is 0 Å². The molecule has 0 aliphatic rings. The molecule has 0 amide bonds. The molecule has 2 nitrogen and oxygen atoms in total. The molecule has 0 aliphatic carbocycles. The molecule has 184 valence electrons. The summed E-state index contributed by atoms with van der Waals surface area (Å²) in [4.78, 5) is 0. The first-order valence-corrected chi connectivity index (χ1v) is 11.8. The zero-order valence-corrected chi connectivity index (χ0v) is 20.1. The second kappa shape index (κ2) is 11.6. The Balaban J connectivity index is 1.40. The van der Waals surface area contributed by atoms with Crippen LogP contribution in [0.2, 0.25) is 0 Å². The molecule has 0 aromatic heterocycles. The number of halogens is 3. The van der Waals surface area contributed by atoms with E-state index < -0.39 is 17.5 Å². The number of ether oxygens (including phenoxy) is 2. The standard InChI is InChI=1S/C31H27F3O2/c1-3-4-5-18-35-26-15-17-27(29(32)19-26)22-10-13-25(14-11-22)36-20-24-12-16-28(31(34)30(24)33)23-8-6-21(2)7-9-23/h3,6-17,19H,1,4-5,18,20H2,2H3. The Morgan fingerprint density at radius 2 is 1.36 bits per heavy atom. The van der Waals surface area contributed by atoms with Crippen LogP contribution >= 0.6 is 0 Å². The van der Waals surface area contributed by atoms with Crippen LogP contribution in [0.5, 0.6) is 11.5 Å². The number of hydrogen-bond donors (Lipinski definition) is 0. The number of hydrogen-bond acceptors (Lipinski definition) is 2. The summed E-state index contributed by atoms with van der Waals surface area (Å²) in [6.45, 7) is 5.96. The molecular formula is C31H27F3O2. The van der Waals surface area contributed by atoms with E-state index in [0.29, 0.717) is 34.8 Å². The lowest BCUT2D eigenvalue weighted by Gasteiger charge is -2.12. The normalized spacial score (nSPS) is 10.8. The number of benzene rings is 4. The van der Waals surface area contributed by atoms with Crippen LogP contribution in [0.15, 0.2) is 91.5 Å². The van der Waals surface area contributed by atoms with E-state index in [2.05, 4.69) is 6.58 Å². The number of aryl methyl sites for hydroxylation is 1. The van der Waals surface area contributed by atoms with Crippen LogP contribution in [0, 0.1) is 24.4 Å². The Hall–Kier alpha value is -3.99. The van der Waals surface area contributed by atoms with Crippen LogP contribution in [-0.4, -0.2) is 6.61 Å². The van der Waals surface area contributed by atoms with Gasteiger partial charge in [0.25, 0.3) is 0 Å². The summed E-state index contributed by atoms with van der Waals surface area (Å²) < 4.78 is 55.3. The average molecular weight is 489 g/mol. The van der Waals surface area contributed by atoms with Gasteiger partial charge in [-0.05, 0) is 55.2 Å². The highest BCUT2D eigenvalue weighted by atomic mass is 19.2. The Morgan fingerprint density at radius 3 is 2.06 bits per heavy atom. The second-order valence-electron chi connectivity index (χ2n) is 8.50.